The van der Waals surface area contributed by atoms with E-state index in [1.165, 1.54) is 0 Å². The van der Waals surface area contributed by atoms with Crippen LogP contribution in [0.25, 0.3) is 0 Å². The van der Waals surface area contributed by atoms with Crippen LogP contribution in [0.3, 0.4) is 0 Å². The van der Waals surface area contributed by atoms with Crippen LogP contribution in [-0.2, 0) is 40.1 Å². The van der Waals surface area contributed by atoms with Gasteiger partial charge >= 0.3 is 0 Å². The van der Waals surface area contributed by atoms with Crippen LogP contribution >= 0.6 is 0 Å². The van der Waals surface area contributed by atoms with Gasteiger partial charge in [-0.1, -0.05) is 55.4 Å². The maximum absolute atomic E-state index is 12.0. The van der Waals surface area contributed by atoms with Gasteiger partial charge in [-0.3, -0.25) is 0 Å². The van der Waals surface area contributed by atoms with Crippen LogP contribution in [0.2, 0.25) is 0 Å². The molecule has 432 valence electrons. The minimum atomic E-state index is -3.00. The first-order chi connectivity index (χ1) is 33.5. The van der Waals surface area contributed by atoms with Crippen molar-refractivity contribution >= 4 is 40.1 Å². The largest absolute Gasteiger partial charge is 0.330 e. The van der Waals surface area contributed by atoms with Crippen molar-refractivity contribution in [1.82, 2.24) is 17.2 Å². The Bertz CT molecular complexity index is 1640. The molecule has 0 aromatic carbocycles. The van der Waals surface area contributed by atoms with Gasteiger partial charge < -0.3 is 22.9 Å². The number of sulfonamides is 4. The van der Waals surface area contributed by atoms with Crippen LogP contribution in [0.5, 0.6) is 0 Å². The van der Waals surface area contributed by atoms with Crippen molar-refractivity contribution in [3.8, 4) is 0 Å². The Labute approximate surface area is 444 Å². The van der Waals surface area contributed by atoms with Crippen LogP contribution < -0.4 is 22.9 Å². The van der Waals surface area contributed by atoms with E-state index in [9.17, 15) is 33.7 Å². The lowest BCUT2D eigenvalue weighted by Gasteiger charge is -2.32. The van der Waals surface area contributed by atoms with Gasteiger partial charge in [-0.15, -0.1) is 0 Å². The molecule has 0 saturated carbocycles. The lowest BCUT2D eigenvalue weighted by Crippen LogP contribution is -2.43. The van der Waals surface area contributed by atoms with Crippen LogP contribution in [0.4, 0.5) is 0 Å². The van der Waals surface area contributed by atoms with Crippen molar-refractivity contribution in [2.75, 3.05) is 75.4 Å². The summed E-state index contributed by atoms with van der Waals surface area (Å²) in [6.07, 6.45) is 14.9. The maximum Gasteiger partial charge on any atom is 0.214 e. The zero-order valence-corrected chi connectivity index (χ0v) is 51.0. The van der Waals surface area contributed by atoms with Gasteiger partial charge in [0.25, 0.3) is 0 Å². The molecule has 4 saturated heterocycles. The predicted molar refractivity (Wildman–Crippen MR) is 303 cm³/mol. The molecule has 0 aromatic heterocycles. The molecule has 0 spiro atoms. The summed E-state index contributed by atoms with van der Waals surface area (Å²) in [7, 11) is -12.0. The minimum Gasteiger partial charge on any atom is -0.330 e. The molecule has 4 aliphatic rings. The summed E-state index contributed by atoms with van der Waals surface area (Å²) in [5, 5.41) is 0. The Morgan fingerprint density at radius 3 is 0.583 bits per heavy atom. The van der Waals surface area contributed by atoms with E-state index in [2.05, 4.69) is 55.4 Å². The molecule has 8 atom stereocenters. The molecule has 4 fully saturated rings. The van der Waals surface area contributed by atoms with Gasteiger partial charge in [-0.05, 0) is 204 Å². The summed E-state index contributed by atoms with van der Waals surface area (Å²) in [6.45, 7) is 31.1. The molecule has 0 bridgehead atoms. The molecule has 4 heterocycles. The van der Waals surface area contributed by atoms with Crippen LogP contribution in [0.15, 0.2) is 0 Å². The number of hydrogen-bond acceptors (Lipinski definition) is 12. The normalized spacial score (nSPS) is 24.1. The summed E-state index contributed by atoms with van der Waals surface area (Å²) in [5.74, 6) is 5.56. The molecule has 4 rings (SSSR count). The highest BCUT2D eigenvalue weighted by atomic mass is 32.2. The van der Waals surface area contributed by atoms with Gasteiger partial charge in [-0.2, -0.15) is 17.2 Å². The van der Waals surface area contributed by atoms with Gasteiger partial charge in [0.15, 0.2) is 0 Å². The summed E-state index contributed by atoms with van der Waals surface area (Å²) < 4.78 is 103. The molecule has 0 aromatic rings. The van der Waals surface area contributed by atoms with Crippen LogP contribution in [0.1, 0.15) is 186 Å². The number of nitrogens with zero attached hydrogens (tertiary/aromatic N) is 4. The van der Waals surface area contributed by atoms with E-state index in [1.54, 1.807) is 17.2 Å². The average molecular weight is 1110 g/mol. The minimum absolute atomic E-state index is 0.114. The second-order valence-corrected chi connectivity index (χ2v) is 31.4. The molecule has 0 aliphatic carbocycles. The van der Waals surface area contributed by atoms with E-state index in [0.29, 0.717) is 123 Å². The third-order valence-electron chi connectivity index (χ3n) is 16.3. The highest BCUT2D eigenvalue weighted by molar-refractivity contribution is 7.89. The molecular formula is C52H112N8O8S4. The SMILES string of the molecule is CC(C)[C@@H](CN)CC[C@@H](C)N1CCCCS1(=O)=O.CC(C)[C@@H](CN)CC[C@H](C)N1CCCCS1(=O)=O.CC(C)[C@H](CN)CC[C@@H](C)N1CCCCS1(=O)=O.CC(C)[C@H](CN)CC[C@H](C)N1CCCCS1(=O)=O. The smallest absolute Gasteiger partial charge is 0.214 e. The zero-order chi connectivity index (χ0) is 55.0. The Kier molecular flexibility index (Phi) is 33.2. The van der Waals surface area contributed by atoms with Crippen LogP contribution in [0, 0.1) is 47.3 Å². The Balaban J connectivity index is 0.000000480. The van der Waals surface area contributed by atoms with Crippen molar-refractivity contribution in [2.24, 2.45) is 70.3 Å². The molecule has 8 N–H and O–H groups in total. The first-order valence-corrected chi connectivity index (χ1v) is 34.7. The van der Waals surface area contributed by atoms with Gasteiger partial charge in [0.05, 0.1) is 23.0 Å². The van der Waals surface area contributed by atoms with Crippen molar-refractivity contribution in [2.45, 2.75) is 210 Å². The fourth-order valence-corrected chi connectivity index (χ4v) is 18.0. The standard InChI is InChI=1S/4C13H28N2O2S/c4*1-11(2)13(10-14)7-6-12(3)15-8-4-5-9-18(15,16)17/h4*11-13H,4-10,14H2,1-3H3/t2*12-,13+;2*12-,13-/m1010/s1. The topological polar surface area (TPSA) is 254 Å². The molecule has 4 aliphatic heterocycles. The van der Waals surface area contributed by atoms with Gasteiger partial charge in [-0.25, -0.2) is 33.7 Å². The monoisotopic (exact) mass is 1100 g/mol. The van der Waals surface area contributed by atoms with E-state index in [4.69, 9.17) is 22.9 Å². The van der Waals surface area contributed by atoms with Crippen molar-refractivity contribution in [3.05, 3.63) is 0 Å². The van der Waals surface area contributed by atoms with Gasteiger partial charge in [0.1, 0.15) is 0 Å². The Morgan fingerprint density at radius 1 is 0.292 bits per heavy atom. The van der Waals surface area contributed by atoms with Crippen molar-refractivity contribution in [1.29, 1.82) is 0 Å². The zero-order valence-electron chi connectivity index (χ0n) is 47.7. The Hall–Kier alpha value is -0.520. The highest BCUT2D eigenvalue weighted by Gasteiger charge is 2.34. The number of hydrogen-bond donors (Lipinski definition) is 4. The quantitative estimate of drug-likeness (QED) is 0.0746. The summed E-state index contributed by atoms with van der Waals surface area (Å²) in [5.41, 5.74) is 23.0. The molecule has 0 radical (unpaired) electrons. The van der Waals surface area contributed by atoms with Gasteiger partial charge in [0, 0.05) is 50.3 Å². The summed E-state index contributed by atoms with van der Waals surface area (Å²) >= 11 is 0. The van der Waals surface area contributed by atoms with Crippen molar-refractivity contribution < 1.29 is 33.7 Å². The first-order valence-electron chi connectivity index (χ1n) is 28.3. The van der Waals surface area contributed by atoms with Crippen LogP contribution in [-0.4, -0.2) is 150 Å². The molecule has 0 unspecified atom stereocenters. The molecule has 0 amide bonds. The number of rotatable bonds is 24. The molecule has 72 heavy (non-hydrogen) atoms. The van der Waals surface area contributed by atoms with E-state index in [-0.39, 0.29) is 24.2 Å². The van der Waals surface area contributed by atoms with Gasteiger partial charge in [0.2, 0.25) is 40.1 Å². The third-order valence-corrected chi connectivity index (χ3v) is 24.6. The van der Waals surface area contributed by atoms with E-state index < -0.39 is 40.1 Å². The van der Waals surface area contributed by atoms with Crippen molar-refractivity contribution in [3.63, 3.8) is 0 Å². The van der Waals surface area contributed by atoms with E-state index in [0.717, 1.165) is 103 Å². The molecule has 20 heteroatoms. The fraction of sp³-hybridized carbons (Fsp3) is 1.00. The summed E-state index contributed by atoms with van der Waals surface area (Å²) in [4.78, 5) is 0. The summed E-state index contributed by atoms with van der Waals surface area (Å²) in [6, 6.07) is 0.456. The third kappa shape index (κ3) is 24.4. The van der Waals surface area contributed by atoms with E-state index in [1.807, 2.05) is 27.7 Å². The highest BCUT2D eigenvalue weighted by Crippen LogP contribution is 2.27. The molecular weight excluding hydrogens is 993 g/mol. The lowest BCUT2D eigenvalue weighted by atomic mass is 9.90. The lowest BCUT2D eigenvalue weighted by molar-refractivity contribution is 0.269. The van der Waals surface area contributed by atoms with E-state index >= 15 is 0 Å². The predicted octanol–water partition coefficient (Wildman–Crippen LogP) is 7.25. The number of nitrogens with two attached hydrogens (primary N) is 4. The maximum atomic E-state index is 12.0. The Morgan fingerprint density at radius 2 is 0.458 bits per heavy atom. The average Bonchev–Trinajstić information content (AvgIpc) is 3.29. The first kappa shape index (κ1) is 69.5. The molecule has 16 nitrogen and oxygen atoms in total. The fourth-order valence-electron chi connectivity index (χ4n) is 10.5. The second kappa shape index (κ2) is 34.4. The second-order valence-electron chi connectivity index (χ2n) is 23.2.